The quantitative estimate of drug-likeness (QED) is 0.817. The fraction of sp³-hybridized carbons (Fsp3) is 0.600. The summed E-state index contributed by atoms with van der Waals surface area (Å²) in [5.74, 6) is 0.883. The minimum Gasteiger partial charge on any atom is -0.374 e. The lowest BCUT2D eigenvalue weighted by molar-refractivity contribution is -0.138. The molecular weight excluding hydrogens is 297 g/mol. The van der Waals surface area contributed by atoms with E-state index in [1.165, 1.54) is 6.07 Å². The zero-order valence-corrected chi connectivity index (χ0v) is 13.7. The molecule has 0 amide bonds. The van der Waals surface area contributed by atoms with Crippen LogP contribution in [0.15, 0.2) is 18.2 Å². The molecule has 0 atom stereocenters. The van der Waals surface area contributed by atoms with Gasteiger partial charge < -0.3 is 10.2 Å². The number of alkyl halides is 3. The molecule has 1 aromatic carbocycles. The monoisotopic (exact) mass is 320 g/mol. The average molecular weight is 320 g/mol. The summed E-state index contributed by atoms with van der Waals surface area (Å²) in [5, 5.41) is 3.04. The standard InChI is InChI=1S/C15H23F3N2S/c1-11(2)19-10-12-5-6-13(20(3)7-8-21-4)9-14(12)15(16,17)18/h5-6,9,11,19H,7-8,10H2,1-4H3. The third-order valence-corrected chi connectivity index (χ3v) is 3.76. The number of halogens is 3. The Hall–Kier alpha value is -0.880. The molecular formula is C15H23F3N2S. The molecule has 1 rings (SSSR count). The normalized spacial score (nSPS) is 12.0. The molecule has 1 N–H and O–H groups in total. The lowest BCUT2D eigenvalue weighted by Gasteiger charge is -2.22. The zero-order valence-electron chi connectivity index (χ0n) is 12.9. The van der Waals surface area contributed by atoms with Gasteiger partial charge in [-0.25, -0.2) is 0 Å². The van der Waals surface area contributed by atoms with Gasteiger partial charge in [0.1, 0.15) is 0 Å². The molecule has 0 saturated carbocycles. The lowest BCUT2D eigenvalue weighted by atomic mass is 10.1. The van der Waals surface area contributed by atoms with Crippen LogP contribution in [0.1, 0.15) is 25.0 Å². The summed E-state index contributed by atoms with van der Waals surface area (Å²) < 4.78 is 39.7. The highest BCUT2D eigenvalue weighted by Gasteiger charge is 2.33. The topological polar surface area (TPSA) is 15.3 Å². The van der Waals surface area contributed by atoms with Crippen LogP contribution in [0, 0.1) is 0 Å². The highest BCUT2D eigenvalue weighted by molar-refractivity contribution is 7.98. The maximum atomic E-state index is 13.2. The highest BCUT2D eigenvalue weighted by atomic mass is 32.2. The minimum atomic E-state index is -4.33. The first kappa shape index (κ1) is 18.2. The molecule has 0 aliphatic rings. The third kappa shape index (κ3) is 5.79. The molecule has 0 bridgehead atoms. The Labute approximate surface area is 129 Å². The maximum Gasteiger partial charge on any atom is 0.416 e. The van der Waals surface area contributed by atoms with Gasteiger partial charge in [0.2, 0.25) is 0 Å². The van der Waals surface area contributed by atoms with Crippen LogP contribution in [-0.4, -0.2) is 31.6 Å². The second-order valence-corrected chi connectivity index (χ2v) is 6.27. The van der Waals surface area contributed by atoms with Crippen molar-refractivity contribution in [3.8, 4) is 0 Å². The molecule has 0 aromatic heterocycles. The van der Waals surface area contributed by atoms with Crippen LogP contribution in [0.4, 0.5) is 18.9 Å². The number of rotatable bonds is 7. The van der Waals surface area contributed by atoms with Gasteiger partial charge >= 0.3 is 6.18 Å². The summed E-state index contributed by atoms with van der Waals surface area (Å²) in [6.07, 6.45) is -2.35. The van der Waals surface area contributed by atoms with Crippen molar-refractivity contribution in [1.82, 2.24) is 5.32 Å². The molecule has 0 fully saturated rings. The van der Waals surface area contributed by atoms with E-state index in [0.717, 1.165) is 12.3 Å². The van der Waals surface area contributed by atoms with Gasteiger partial charge in [0.05, 0.1) is 5.56 Å². The first-order valence-electron chi connectivity index (χ1n) is 6.89. The zero-order chi connectivity index (χ0) is 16.0. The Bertz CT molecular complexity index is 447. The van der Waals surface area contributed by atoms with E-state index in [2.05, 4.69) is 5.32 Å². The van der Waals surface area contributed by atoms with Crippen LogP contribution in [-0.2, 0) is 12.7 Å². The molecule has 0 aliphatic heterocycles. The SMILES string of the molecule is CSCCN(C)c1ccc(CNC(C)C)c(C(F)(F)F)c1. The van der Waals surface area contributed by atoms with E-state index in [0.29, 0.717) is 11.3 Å². The van der Waals surface area contributed by atoms with E-state index < -0.39 is 11.7 Å². The first-order chi connectivity index (χ1) is 9.75. The third-order valence-electron chi connectivity index (χ3n) is 3.17. The van der Waals surface area contributed by atoms with Gasteiger partial charge in [-0.05, 0) is 24.0 Å². The molecule has 0 saturated heterocycles. The van der Waals surface area contributed by atoms with Crippen LogP contribution >= 0.6 is 11.8 Å². The van der Waals surface area contributed by atoms with Crippen molar-refractivity contribution in [1.29, 1.82) is 0 Å². The van der Waals surface area contributed by atoms with Gasteiger partial charge in [-0.1, -0.05) is 19.9 Å². The van der Waals surface area contributed by atoms with Gasteiger partial charge in [0, 0.05) is 37.6 Å². The Kier molecular flexibility index (Phi) is 6.87. The van der Waals surface area contributed by atoms with Gasteiger partial charge in [0.15, 0.2) is 0 Å². The Morgan fingerprint density at radius 2 is 1.95 bits per heavy atom. The van der Waals surface area contributed by atoms with Crippen molar-refractivity contribution in [2.24, 2.45) is 0 Å². The Balaban J connectivity index is 3.01. The predicted octanol–water partition coefficient (Wildman–Crippen LogP) is 4.00. The number of nitrogens with one attached hydrogen (secondary N) is 1. The molecule has 1 aromatic rings. The molecule has 0 spiro atoms. The number of hydrogen-bond acceptors (Lipinski definition) is 3. The predicted molar refractivity (Wildman–Crippen MR) is 85.1 cm³/mol. The second-order valence-electron chi connectivity index (χ2n) is 5.29. The fourth-order valence-electron chi connectivity index (χ4n) is 1.89. The van der Waals surface area contributed by atoms with Crippen LogP contribution in [0.3, 0.4) is 0 Å². The van der Waals surface area contributed by atoms with Crippen molar-refractivity contribution in [3.05, 3.63) is 29.3 Å². The smallest absolute Gasteiger partial charge is 0.374 e. The molecule has 6 heteroatoms. The number of anilines is 1. The van der Waals surface area contributed by atoms with Crippen molar-refractivity contribution in [3.63, 3.8) is 0 Å². The average Bonchev–Trinajstić information content (AvgIpc) is 2.41. The van der Waals surface area contributed by atoms with Crippen LogP contribution < -0.4 is 10.2 Å². The summed E-state index contributed by atoms with van der Waals surface area (Å²) in [5.41, 5.74) is 0.340. The Morgan fingerprint density at radius 1 is 1.29 bits per heavy atom. The van der Waals surface area contributed by atoms with Gasteiger partial charge in [-0.15, -0.1) is 0 Å². The van der Waals surface area contributed by atoms with E-state index in [1.807, 2.05) is 32.1 Å². The summed E-state index contributed by atoms with van der Waals surface area (Å²) in [4.78, 5) is 1.85. The van der Waals surface area contributed by atoms with E-state index in [9.17, 15) is 13.2 Å². The van der Waals surface area contributed by atoms with Crippen molar-refractivity contribution >= 4 is 17.4 Å². The highest BCUT2D eigenvalue weighted by Crippen LogP contribution is 2.34. The lowest BCUT2D eigenvalue weighted by Crippen LogP contribution is -2.25. The molecule has 0 aliphatic carbocycles. The number of thioether (sulfide) groups is 1. The molecule has 0 heterocycles. The Morgan fingerprint density at radius 3 is 2.48 bits per heavy atom. The largest absolute Gasteiger partial charge is 0.416 e. The van der Waals surface area contributed by atoms with Crippen molar-refractivity contribution < 1.29 is 13.2 Å². The molecule has 120 valence electrons. The van der Waals surface area contributed by atoms with Gasteiger partial charge in [-0.3, -0.25) is 0 Å². The minimum absolute atomic E-state index is 0.148. The van der Waals surface area contributed by atoms with Crippen molar-refractivity contribution in [2.75, 3.05) is 30.5 Å². The molecule has 2 nitrogen and oxygen atoms in total. The van der Waals surface area contributed by atoms with Crippen molar-refractivity contribution in [2.45, 2.75) is 32.6 Å². The van der Waals surface area contributed by atoms with Crippen LogP contribution in [0.5, 0.6) is 0 Å². The van der Waals surface area contributed by atoms with Gasteiger partial charge in [0.25, 0.3) is 0 Å². The molecule has 0 radical (unpaired) electrons. The molecule has 21 heavy (non-hydrogen) atoms. The van der Waals surface area contributed by atoms with E-state index >= 15 is 0 Å². The summed E-state index contributed by atoms with van der Waals surface area (Å²) in [6.45, 7) is 4.78. The van der Waals surface area contributed by atoms with Gasteiger partial charge in [-0.2, -0.15) is 24.9 Å². The van der Waals surface area contributed by atoms with Crippen LogP contribution in [0.2, 0.25) is 0 Å². The fourth-order valence-corrected chi connectivity index (χ4v) is 2.35. The van der Waals surface area contributed by atoms with E-state index in [-0.39, 0.29) is 12.6 Å². The maximum absolute atomic E-state index is 13.2. The van der Waals surface area contributed by atoms with E-state index in [1.54, 1.807) is 23.9 Å². The number of hydrogen-bond donors (Lipinski definition) is 1. The molecule has 0 unspecified atom stereocenters. The number of benzene rings is 1. The first-order valence-corrected chi connectivity index (χ1v) is 8.28. The summed E-state index contributed by atoms with van der Waals surface area (Å²) in [7, 11) is 1.82. The summed E-state index contributed by atoms with van der Waals surface area (Å²) >= 11 is 1.67. The summed E-state index contributed by atoms with van der Waals surface area (Å²) in [6, 6.07) is 4.73. The second kappa shape index (κ2) is 7.94. The number of nitrogens with zero attached hydrogens (tertiary/aromatic N) is 1. The van der Waals surface area contributed by atoms with Crippen LogP contribution in [0.25, 0.3) is 0 Å². The van der Waals surface area contributed by atoms with E-state index in [4.69, 9.17) is 0 Å².